The van der Waals surface area contributed by atoms with Crippen LogP contribution in [0.4, 0.5) is 4.39 Å². The SMILES string of the molecule is OC(CC1CCC1)c1cc(F)ccc1Br. The highest BCUT2D eigenvalue weighted by atomic mass is 79.9. The van der Waals surface area contributed by atoms with E-state index in [2.05, 4.69) is 15.9 Å². The summed E-state index contributed by atoms with van der Waals surface area (Å²) in [5.74, 6) is 0.330. The van der Waals surface area contributed by atoms with Crippen molar-refractivity contribution in [2.75, 3.05) is 0 Å². The summed E-state index contributed by atoms with van der Waals surface area (Å²) >= 11 is 3.33. The average Bonchev–Trinajstić information content (AvgIpc) is 2.15. The van der Waals surface area contributed by atoms with Gasteiger partial charge in [0, 0.05) is 4.47 Å². The van der Waals surface area contributed by atoms with Gasteiger partial charge in [0.2, 0.25) is 0 Å². The van der Waals surface area contributed by atoms with Crippen LogP contribution >= 0.6 is 15.9 Å². The molecule has 1 nitrogen and oxygen atoms in total. The molecular formula is C12H14BrFO. The number of hydrogen-bond acceptors (Lipinski definition) is 1. The fraction of sp³-hybridized carbons (Fsp3) is 0.500. The monoisotopic (exact) mass is 272 g/mol. The van der Waals surface area contributed by atoms with Crippen molar-refractivity contribution in [2.24, 2.45) is 5.92 Å². The molecule has 0 amide bonds. The molecule has 1 saturated carbocycles. The first-order chi connectivity index (χ1) is 7.16. The van der Waals surface area contributed by atoms with Gasteiger partial charge in [0.15, 0.2) is 0 Å². The molecule has 0 bridgehead atoms. The second-order valence-corrected chi connectivity index (χ2v) is 5.07. The Morgan fingerprint density at radius 2 is 2.20 bits per heavy atom. The van der Waals surface area contributed by atoms with Gasteiger partial charge in [0.1, 0.15) is 5.82 Å². The molecular weight excluding hydrogens is 259 g/mol. The van der Waals surface area contributed by atoms with Gasteiger partial charge in [0.05, 0.1) is 6.10 Å². The largest absolute Gasteiger partial charge is 0.388 e. The number of aliphatic hydroxyl groups is 1. The van der Waals surface area contributed by atoms with Gasteiger partial charge in [-0.3, -0.25) is 0 Å². The van der Waals surface area contributed by atoms with Crippen LogP contribution in [0.1, 0.15) is 37.4 Å². The van der Waals surface area contributed by atoms with Crippen LogP contribution in [-0.4, -0.2) is 5.11 Å². The smallest absolute Gasteiger partial charge is 0.123 e. The Balaban J connectivity index is 2.09. The third kappa shape index (κ3) is 2.58. The summed E-state index contributed by atoms with van der Waals surface area (Å²) in [6, 6.07) is 4.45. The van der Waals surface area contributed by atoms with Gasteiger partial charge < -0.3 is 5.11 Å². The Hall–Kier alpha value is -0.410. The van der Waals surface area contributed by atoms with Gasteiger partial charge in [-0.1, -0.05) is 35.2 Å². The second kappa shape index (κ2) is 4.62. The first kappa shape index (κ1) is 11.1. The molecule has 0 aliphatic heterocycles. The normalized spacial score (nSPS) is 18.6. The number of rotatable bonds is 3. The lowest BCUT2D eigenvalue weighted by atomic mass is 9.80. The predicted molar refractivity (Wildman–Crippen MR) is 61.0 cm³/mol. The zero-order valence-corrected chi connectivity index (χ0v) is 10.0. The number of hydrogen-bond donors (Lipinski definition) is 1. The van der Waals surface area contributed by atoms with E-state index in [4.69, 9.17) is 0 Å². The minimum Gasteiger partial charge on any atom is -0.388 e. The van der Waals surface area contributed by atoms with Crippen molar-refractivity contribution in [3.63, 3.8) is 0 Å². The zero-order chi connectivity index (χ0) is 10.8. The van der Waals surface area contributed by atoms with Crippen LogP contribution in [0.3, 0.4) is 0 Å². The molecule has 1 fully saturated rings. The Bertz CT molecular complexity index is 349. The highest BCUT2D eigenvalue weighted by Crippen LogP contribution is 2.36. The van der Waals surface area contributed by atoms with Crippen molar-refractivity contribution in [1.29, 1.82) is 0 Å². The van der Waals surface area contributed by atoms with Gasteiger partial charge in [-0.25, -0.2) is 4.39 Å². The lowest BCUT2D eigenvalue weighted by molar-refractivity contribution is 0.117. The minimum absolute atomic E-state index is 0.291. The van der Waals surface area contributed by atoms with Crippen LogP contribution in [0.5, 0.6) is 0 Å². The fourth-order valence-corrected chi connectivity index (χ4v) is 2.45. The molecule has 0 aromatic heterocycles. The maximum Gasteiger partial charge on any atom is 0.123 e. The molecule has 1 aromatic carbocycles. The van der Waals surface area contributed by atoms with Gasteiger partial charge in [-0.2, -0.15) is 0 Å². The Labute approximate surface area is 97.4 Å². The maximum atomic E-state index is 13.0. The molecule has 1 aliphatic carbocycles. The summed E-state index contributed by atoms with van der Waals surface area (Å²) in [5.41, 5.74) is 0.668. The molecule has 0 radical (unpaired) electrons. The van der Waals surface area contributed by atoms with E-state index in [0.717, 1.165) is 10.9 Å². The summed E-state index contributed by atoms with van der Waals surface area (Å²) in [6.07, 6.45) is 3.87. The lowest BCUT2D eigenvalue weighted by Gasteiger charge is -2.27. The average molecular weight is 273 g/mol. The van der Waals surface area contributed by atoms with E-state index in [1.807, 2.05) is 0 Å². The van der Waals surface area contributed by atoms with Crippen LogP contribution in [0, 0.1) is 11.7 Å². The van der Waals surface area contributed by atoms with Gasteiger partial charge in [-0.05, 0) is 36.1 Å². The fourth-order valence-electron chi connectivity index (χ4n) is 1.94. The third-order valence-corrected chi connectivity index (χ3v) is 3.82. The topological polar surface area (TPSA) is 20.2 Å². The quantitative estimate of drug-likeness (QED) is 0.887. The predicted octanol–water partition coefficient (Wildman–Crippen LogP) is 3.81. The summed E-state index contributed by atoms with van der Waals surface area (Å²) in [4.78, 5) is 0. The van der Waals surface area contributed by atoms with E-state index in [-0.39, 0.29) is 5.82 Å². The van der Waals surface area contributed by atoms with Gasteiger partial charge in [-0.15, -0.1) is 0 Å². The van der Waals surface area contributed by atoms with Crippen molar-refractivity contribution >= 4 is 15.9 Å². The Kier molecular flexibility index (Phi) is 3.42. The highest BCUT2D eigenvalue weighted by Gasteiger charge is 2.22. The van der Waals surface area contributed by atoms with E-state index in [0.29, 0.717) is 11.5 Å². The standard InChI is InChI=1S/C12H14BrFO/c13-11-5-4-9(14)7-10(11)12(15)6-8-2-1-3-8/h4-5,7-8,12,15H,1-3,6H2. The maximum absolute atomic E-state index is 13.0. The lowest BCUT2D eigenvalue weighted by Crippen LogP contribution is -2.15. The van der Waals surface area contributed by atoms with Crippen molar-refractivity contribution in [3.8, 4) is 0 Å². The third-order valence-electron chi connectivity index (χ3n) is 3.10. The van der Waals surface area contributed by atoms with Crippen LogP contribution in [0.2, 0.25) is 0 Å². The van der Waals surface area contributed by atoms with Crippen LogP contribution in [0.25, 0.3) is 0 Å². The molecule has 15 heavy (non-hydrogen) atoms. The van der Waals surface area contributed by atoms with Gasteiger partial charge >= 0.3 is 0 Å². The molecule has 1 unspecified atom stereocenters. The van der Waals surface area contributed by atoms with Crippen LogP contribution in [0.15, 0.2) is 22.7 Å². The summed E-state index contributed by atoms with van der Waals surface area (Å²) in [7, 11) is 0. The minimum atomic E-state index is -0.541. The Morgan fingerprint density at radius 3 is 2.80 bits per heavy atom. The zero-order valence-electron chi connectivity index (χ0n) is 8.42. The number of benzene rings is 1. The molecule has 0 spiro atoms. The first-order valence-corrected chi connectivity index (χ1v) is 6.09. The van der Waals surface area contributed by atoms with E-state index in [1.54, 1.807) is 6.07 Å². The van der Waals surface area contributed by atoms with Gasteiger partial charge in [0.25, 0.3) is 0 Å². The first-order valence-electron chi connectivity index (χ1n) is 5.30. The number of halogens is 2. The van der Waals surface area contributed by atoms with Crippen LogP contribution in [-0.2, 0) is 0 Å². The molecule has 0 saturated heterocycles. The van der Waals surface area contributed by atoms with Crippen molar-refractivity contribution < 1.29 is 9.50 Å². The second-order valence-electron chi connectivity index (χ2n) is 4.21. The van der Waals surface area contributed by atoms with E-state index < -0.39 is 6.10 Å². The van der Waals surface area contributed by atoms with Crippen molar-refractivity contribution in [1.82, 2.24) is 0 Å². The summed E-state index contributed by atoms with van der Waals surface area (Å²) in [6.45, 7) is 0. The van der Waals surface area contributed by atoms with E-state index in [9.17, 15) is 9.50 Å². The molecule has 1 atom stereocenters. The molecule has 3 heteroatoms. The Morgan fingerprint density at radius 1 is 1.47 bits per heavy atom. The summed E-state index contributed by atoms with van der Waals surface area (Å²) in [5, 5.41) is 9.96. The molecule has 1 aromatic rings. The molecule has 1 N–H and O–H groups in total. The molecule has 1 aliphatic rings. The van der Waals surface area contributed by atoms with E-state index >= 15 is 0 Å². The number of aliphatic hydroxyl groups excluding tert-OH is 1. The molecule has 0 heterocycles. The molecule has 82 valence electrons. The highest BCUT2D eigenvalue weighted by molar-refractivity contribution is 9.10. The van der Waals surface area contributed by atoms with E-state index in [1.165, 1.54) is 31.4 Å². The van der Waals surface area contributed by atoms with Crippen LogP contribution < -0.4 is 0 Å². The molecule has 2 rings (SSSR count). The summed E-state index contributed by atoms with van der Waals surface area (Å²) < 4.78 is 13.8. The van der Waals surface area contributed by atoms with Crippen molar-refractivity contribution in [3.05, 3.63) is 34.1 Å². The van der Waals surface area contributed by atoms with Crippen molar-refractivity contribution in [2.45, 2.75) is 31.8 Å².